The van der Waals surface area contributed by atoms with E-state index in [-0.39, 0.29) is 12.1 Å². The van der Waals surface area contributed by atoms with Crippen molar-refractivity contribution in [1.29, 1.82) is 0 Å². The molecule has 4 rings (SSSR count). The number of nitrogens with zero attached hydrogens (tertiary/aromatic N) is 5. The van der Waals surface area contributed by atoms with Gasteiger partial charge in [-0.05, 0) is 32.4 Å². The third-order valence-corrected chi connectivity index (χ3v) is 4.28. The topological polar surface area (TPSA) is 78.7 Å². The zero-order chi connectivity index (χ0) is 17.6. The van der Waals surface area contributed by atoms with Crippen LogP contribution in [0, 0.1) is 20.8 Å². The molecular weight excluding hydrogens is 318 g/mol. The molecule has 0 atom stereocenters. The average molecular weight is 335 g/mol. The van der Waals surface area contributed by atoms with Gasteiger partial charge in [0.1, 0.15) is 24.0 Å². The third-order valence-electron chi connectivity index (χ3n) is 4.28. The molecule has 4 aromatic rings. The van der Waals surface area contributed by atoms with Crippen molar-refractivity contribution in [2.75, 3.05) is 0 Å². The molecule has 25 heavy (non-hydrogen) atoms. The summed E-state index contributed by atoms with van der Waals surface area (Å²) in [5.74, 6) is 1.24. The van der Waals surface area contributed by atoms with Gasteiger partial charge < -0.3 is 4.42 Å². The second-order valence-corrected chi connectivity index (χ2v) is 6.01. The number of aromatic nitrogens is 5. The second-order valence-electron chi connectivity index (χ2n) is 6.01. The Hall–Kier alpha value is -3.22. The molecule has 7 nitrogen and oxygen atoms in total. The molecule has 0 saturated carbocycles. The quantitative estimate of drug-likeness (QED) is 0.575. The average Bonchev–Trinajstić information content (AvgIpc) is 3.15. The fourth-order valence-electron chi connectivity index (χ4n) is 2.79. The van der Waals surface area contributed by atoms with Crippen molar-refractivity contribution in [2.24, 2.45) is 0 Å². The highest BCUT2D eigenvalue weighted by atomic mass is 16.4. The Kier molecular flexibility index (Phi) is 3.49. The molecule has 1 aromatic carbocycles. The first-order valence-corrected chi connectivity index (χ1v) is 7.96. The predicted molar refractivity (Wildman–Crippen MR) is 92.9 cm³/mol. The molecule has 0 N–H and O–H groups in total. The molecule has 0 aliphatic heterocycles. The highest BCUT2D eigenvalue weighted by molar-refractivity contribution is 5.75. The number of benzene rings is 1. The van der Waals surface area contributed by atoms with E-state index in [0.29, 0.717) is 16.9 Å². The number of aryl methyl sites for hydroxylation is 3. The van der Waals surface area contributed by atoms with E-state index < -0.39 is 0 Å². The summed E-state index contributed by atoms with van der Waals surface area (Å²) in [4.78, 5) is 21.5. The van der Waals surface area contributed by atoms with E-state index in [4.69, 9.17) is 4.42 Å². The van der Waals surface area contributed by atoms with Gasteiger partial charge in [-0.15, -0.1) is 0 Å². The largest absolute Gasteiger partial charge is 0.444 e. The van der Waals surface area contributed by atoms with Crippen LogP contribution in [0.2, 0.25) is 0 Å². The molecule has 0 bridgehead atoms. The van der Waals surface area contributed by atoms with Gasteiger partial charge in [0, 0.05) is 0 Å². The van der Waals surface area contributed by atoms with Crippen LogP contribution in [0.15, 0.2) is 46.0 Å². The smallest absolute Gasteiger partial charge is 0.264 e. The number of para-hydroxylation sites is 1. The van der Waals surface area contributed by atoms with Crippen molar-refractivity contribution in [2.45, 2.75) is 27.3 Å². The van der Waals surface area contributed by atoms with E-state index in [9.17, 15) is 4.79 Å². The molecule has 3 aromatic heterocycles. The Labute approximate surface area is 143 Å². The van der Waals surface area contributed by atoms with E-state index in [1.54, 1.807) is 10.9 Å². The molecule has 0 aliphatic carbocycles. The number of hydrogen-bond donors (Lipinski definition) is 0. The lowest BCUT2D eigenvalue weighted by molar-refractivity contribution is 0.453. The Morgan fingerprint density at radius 1 is 1.16 bits per heavy atom. The van der Waals surface area contributed by atoms with Crippen LogP contribution in [-0.2, 0) is 6.54 Å². The van der Waals surface area contributed by atoms with E-state index in [0.717, 1.165) is 22.7 Å². The monoisotopic (exact) mass is 335 g/mol. The van der Waals surface area contributed by atoms with Gasteiger partial charge >= 0.3 is 0 Å². The van der Waals surface area contributed by atoms with Crippen molar-refractivity contribution in [1.82, 2.24) is 24.3 Å². The van der Waals surface area contributed by atoms with Gasteiger partial charge in [0.25, 0.3) is 5.56 Å². The number of fused-ring (bicyclic) bond motifs is 1. The van der Waals surface area contributed by atoms with Gasteiger partial charge in [-0.3, -0.25) is 9.36 Å². The van der Waals surface area contributed by atoms with Crippen LogP contribution in [0.1, 0.15) is 22.9 Å². The first-order valence-electron chi connectivity index (χ1n) is 7.96. The number of hydrogen-bond acceptors (Lipinski definition) is 5. The molecule has 0 amide bonds. The normalized spacial score (nSPS) is 11.3. The highest BCUT2D eigenvalue weighted by Crippen LogP contribution is 2.17. The minimum absolute atomic E-state index is 0.168. The van der Waals surface area contributed by atoms with Crippen LogP contribution in [0.4, 0.5) is 0 Å². The van der Waals surface area contributed by atoms with E-state index in [2.05, 4.69) is 15.1 Å². The van der Waals surface area contributed by atoms with E-state index in [1.165, 1.54) is 10.9 Å². The van der Waals surface area contributed by atoms with Gasteiger partial charge in [-0.25, -0.2) is 14.6 Å². The third kappa shape index (κ3) is 2.53. The van der Waals surface area contributed by atoms with Crippen LogP contribution in [0.25, 0.3) is 16.7 Å². The summed E-state index contributed by atoms with van der Waals surface area (Å²) in [7, 11) is 0. The van der Waals surface area contributed by atoms with Crippen molar-refractivity contribution >= 4 is 11.0 Å². The van der Waals surface area contributed by atoms with Crippen LogP contribution in [-0.4, -0.2) is 24.3 Å². The molecule has 0 aliphatic rings. The van der Waals surface area contributed by atoms with E-state index >= 15 is 0 Å². The lowest BCUT2D eigenvalue weighted by atomic mass is 10.2. The molecule has 3 heterocycles. The Morgan fingerprint density at radius 3 is 2.68 bits per heavy atom. The Bertz CT molecular complexity index is 1120. The zero-order valence-corrected chi connectivity index (χ0v) is 14.2. The summed E-state index contributed by atoms with van der Waals surface area (Å²) in [6, 6.07) is 7.85. The molecule has 0 unspecified atom stereocenters. The van der Waals surface area contributed by atoms with Crippen LogP contribution >= 0.6 is 0 Å². The summed E-state index contributed by atoms with van der Waals surface area (Å²) >= 11 is 0. The maximum absolute atomic E-state index is 12.8. The van der Waals surface area contributed by atoms with Gasteiger partial charge in [0.05, 0.1) is 17.6 Å². The standard InChI is InChI=1S/C18H17N5O2/c1-11-6-4-5-7-15(11)23-17-14(8-20-23)18(24)22(10-19-17)9-16-21-12(2)13(3)25-16/h4-8,10H,9H2,1-3H3. The predicted octanol–water partition coefficient (Wildman–Crippen LogP) is 2.54. The van der Waals surface area contributed by atoms with Gasteiger partial charge in [-0.2, -0.15) is 5.10 Å². The van der Waals surface area contributed by atoms with Crippen molar-refractivity contribution < 1.29 is 4.42 Å². The molecular formula is C18H17N5O2. The zero-order valence-electron chi connectivity index (χ0n) is 14.2. The summed E-state index contributed by atoms with van der Waals surface area (Å²) in [5, 5.41) is 4.82. The highest BCUT2D eigenvalue weighted by Gasteiger charge is 2.14. The number of rotatable bonds is 3. The maximum Gasteiger partial charge on any atom is 0.264 e. The SMILES string of the molecule is Cc1ccccc1-n1ncc2c(=O)n(Cc3nc(C)c(C)o3)cnc21. The molecule has 0 fully saturated rings. The fraction of sp³-hybridized carbons (Fsp3) is 0.222. The van der Waals surface area contributed by atoms with Gasteiger partial charge in [-0.1, -0.05) is 18.2 Å². The Morgan fingerprint density at radius 2 is 1.96 bits per heavy atom. The first-order chi connectivity index (χ1) is 12.0. The maximum atomic E-state index is 12.8. The molecule has 126 valence electrons. The van der Waals surface area contributed by atoms with E-state index in [1.807, 2.05) is 45.0 Å². The molecule has 0 radical (unpaired) electrons. The van der Waals surface area contributed by atoms with Gasteiger partial charge in [0.2, 0.25) is 5.89 Å². The van der Waals surface area contributed by atoms with Gasteiger partial charge in [0.15, 0.2) is 5.65 Å². The second kappa shape index (κ2) is 5.70. The van der Waals surface area contributed by atoms with Crippen molar-refractivity contribution in [3.63, 3.8) is 0 Å². The Balaban J connectivity index is 1.80. The fourth-order valence-corrected chi connectivity index (χ4v) is 2.79. The van der Waals surface area contributed by atoms with Crippen LogP contribution in [0.3, 0.4) is 0 Å². The molecule has 0 saturated heterocycles. The molecule has 0 spiro atoms. The summed E-state index contributed by atoms with van der Waals surface area (Å²) in [5.41, 5.74) is 3.16. The summed E-state index contributed by atoms with van der Waals surface area (Å²) in [6.45, 7) is 5.96. The number of oxazole rings is 1. The minimum atomic E-state index is -0.168. The van der Waals surface area contributed by atoms with Crippen LogP contribution < -0.4 is 5.56 Å². The lowest BCUT2D eigenvalue weighted by Crippen LogP contribution is -2.21. The first kappa shape index (κ1) is 15.3. The van der Waals surface area contributed by atoms with Crippen LogP contribution in [0.5, 0.6) is 0 Å². The minimum Gasteiger partial charge on any atom is -0.444 e. The summed E-state index contributed by atoms with van der Waals surface area (Å²) in [6.07, 6.45) is 3.07. The van der Waals surface area contributed by atoms with Crippen molar-refractivity contribution in [3.05, 3.63) is 70.1 Å². The summed E-state index contributed by atoms with van der Waals surface area (Å²) < 4.78 is 8.73. The molecule has 7 heteroatoms. The van der Waals surface area contributed by atoms with Crippen molar-refractivity contribution in [3.8, 4) is 5.69 Å². The lowest BCUT2D eigenvalue weighted by Gasteiger charge is -2.07.